The monoisotopic (exact) mass is 311 g/mol. The van der Waals surface area contributed by atoms with Crippen LogP contribution < -0.4 is 11.1 Å². The largest absolute Gasteiger partial charge is 0.348 e. The van der Waals surface area contributed by atoms with E-state index >= 15 is 0 Å². The van der Waals surface area contributed by atoms with Crippen LogP contribution in [0.4, 0.5) is 0 Å². The van der Waals surface area contributed by atoms with Crippen molar-refractivity contribution in [2.45, 2.75) is 26.3 Å². The molecule has 1 aliphatic rings. The molecule has 1 amide bonds. The summed E-state index contributed by atoms with van der Waals surface area (Å²) in [5.41, 5.74) is 7.10. The van der Waals surface area contributed by atoms with Crippen LogP contribution in [-0.4, -0.2) is 37.0 Å². The van der Waals surface area contributed by atoms with E-state index in [0.29, 0.717) is 13.1 Å². The van der Waals surface area contributed by atoms with Crippen LogP contribution >= 0.6 is 12.4 Å². The molecule has 4 nitrogen and oxygen atoms in total. The fourth-order valence-corrected chi connectivity index (χ4v) is 2.74. The number of likely N-dealkylation sites (tertiary alicyclic amines) is 1. The van der Waals surface area contributed by atoms with Gasteiger partial charge >= 0.3 is 0 Å². The fraction of sp³-hybridized carbons (Fsp3) is 0.562. The van der Waals surface area contributed by atoms with Crippen LogP contribution in [0.15, 0.2) is 30.3 Å². The van der Waals surface area contributed by atoms with Gasteiger partial charge in [-0.3, -0.25) is 9.69 Å². The molecule has 1 saturated heterocycles. The Morgan fingerprint density at radius 2 is 2.10 bits per heavy atom. The number of hydrogen-bond donors (Lipinski definition) is 2. The Kier molecular flexibility index (Phi) is 6.65. The molecular weight excluding hydrogens is 286 g/mol. The van der Waals surface area contributed by atoms with Gasteiger partial charge in [-0.05, 0) is 37.4 Å². The molecule has 0 aliphatic carbocycles. The van der Waals surface area contributed by atoms with Gasteiger partial charge in [0.05, 0.1) is 12.6 Å². The quantitative estimate of drug-likeness (QED) is 0.874. The maximum absolute atomic E-state index is 12.1. The number of benzene rings is 1. The van der Waals surface area contributed by atoms with Crippen molar-refractivity contribution < 1.29 is 4.79 Å². The second-order valence-electron chi connectivity index (χ2n) is 6.18. The summed E-state index contributed by atoms with van der Waals surface area (Å²) in [7, 11) is 0. The highest BCUT2D eigenvalue weighted by Gasteiger charge is 2.33. The van der Waals surface area contributed by atoms with Crippen molar-refractivity contribution in [3.05, 3.63) is 35.9 Å². The highest BCUT2D eigenvalue weighted by molar-refractivity contribution is 5.85. The van der Waals surface area contributed by atoms with Gasteiger partial charge < -0.3 is 11.1 Å². The van der Waals surface area contributed by atoms with E-state index in [4.69, 9.17) is 5.73 Å². The summed E-state index contributed by atoms with van der Waals surface area (Å²) in [6, 6.07) is 10.1. The van der Waals surface area contributed by atoms with Crippen LogP contribution in [0.25, 0.3) is 0 Å². The summed E-state index contributed by atoms with van der Waals surface area (Å²) in [6.45, 7) is 7.23. The summed E-state index contributed by atoms with van der Waals surface area (Å²) in [5.74, 6) is 0.0858. The van der Waals surface area contributed by atoms with E-state index in [-0.39, 0.29) is 29.8 Å². The van der Waals surface area contributed by atoms with Crippen molar-refractivity contribution in [3.63, 3.8) is 0 Å². The van der Waals surface area contributed by atoms with Crippen molar-refractivity contribution in [1.29, 1.82) is 0 Å². The fourth-order valence-electron chi connectivity index (χ4n) is 2.74. The Morgan fingerprint density at radius 3 is 2.67 bits per heavy atom. The lowest BCUT2D eigenvalue weighted by Crippen LogP contribution is -2.39. The first-order valence-electron chi connectivity index (χ1n) is 7.29. The van der Waals surface area contributed by atoms with Gasteiger partial charge in [-0.2, -0.15) is 0 Å². The Hall–Kier alpha value is -1.10. The predicted octanol–water partition coefficient (Wildman–Crippen LogP) is 1.96. The Labute approximate surface area is 133 Å². The Bertz CT molecular complexity index is 454. The summed E-state index contributed by atoms with van der Waals surface area (Å²) < 4.78 is 0. The van der Waals surface area contributed by atoms with Gasteiger partial charge in [0.1, 0.15) is 0 Å². The molecule has 1 aromatic rings. The normalized spacial score (nSPS) is 23.4. The molecule has 118 valence electrons. The van der Waals surface area contributed by atoms with Gasteiger partial charge in [0.25, 0.3) is 0 Å². The number of nitrogens with one attached hydrogen (secondary N) is 1. The number of carbonyl (C=O) groups is 1. The van der Waals surface area contributed by atoms with Crippen molar-refractivity contribution >= 4 is 18.3 Å². The van der Waals surface area contributed by atoms with Crippen LogP contribution in [0.5, 0.6) is 0 Å². The number of carbonyl (C=O) groups excluding carboxylic acids is 1. The zero-order valence-corrected chi connectivity index (χ0v) is 13.7. The summed E-state index contributed by atoms with van der Waals surface area (Å²) in [4.78, 5) is 14.3. The van der Waals surface area contributed by atoms with Gasteiger partial charge in [0.15, 0.2) is 0 Å². The molecule has 2 unspecified atom stereocenters. The highest BCUT2D eigenvalue weighted by atomic mass is 35.5. The second kappa shape index (κ2) is 7.78. The molecule has 1 fully saturated rings. The van der Waals surface area contributed by atoms with Crippen LogP contribution in [-0.2, 0) is 4.79 Å². The SMILES string of the molecule is CC(NC(=O)CN1CCC(C)(CN)C1)c1ccccc1.Cl. The maximum Gasteiger partial charge on any atom is 0.234 e. The minimum Gasteiger partial charge on any atom is -0.348 e. The van der Waals surface area contributed by atoms with E-state index in [9.17, 15) is 4.79 Å². The number of hydrogen-bond acceptors (Lipinski definition) is 3. The maximum atomic E-state index is 12.1. The molecule has 0 radical (unpaired) electrons. The molecule has 0 bridgehead atoms. The summed E-state index contributed by atoms with van der Waals surface area (Å²) in [6.07, 6.45) is 1.07. The number of amides is 1. The number of nitrogens with two attached hydrogens (primary N) is 1. The molecule has 0 spiro atoms. The van der Waals surface area contributed by atoms with Crippen LogP contribution in [0.3, 0.4) is 0 Å². The van der Waals surface area contributed by atoms with E-state index in [1.54, 1.807) is 0 Å². The first-order chi connectivity index (χ1) is 9.52. The molecule has 2 rings (SSSR count). The third-order valence-corrected chi connectivity index (χ3v) is 4.17. The Balaban J connectivity index is 0.00000220. The van der Waals surface area contributed by atoms with Crippen molar-refractivity contribution in [1.82, 2.24) is 10.2 Å². The van der Waals surface area contributed by atoms with Crippen LogP contribution in [0.1, 0.15) is 31.9 Å². The van der Waals surface area contributed by atoms with Crippen molar-refractivity contribution in [2.75, 3.05) is 26.2 Å². The molecular formula is C16H26ClN3O. The first kappa shape index (κ1) is 18.0. The minimum absolute atomic E-state index is 0. The van der Waals surface area contributed by atoms with E-state index in [2.05, 4.69) is 17.1 Å². The minimum atomic E-state index is 0. The number of halogens is 1. The second-order valence-corrected chi connectivity index (χ2v) is 6.18. The zero-order chi connectivity index (χ0) is 14.6. The summed E-state index contributed by atoms with van der Waals surface area (Å²) >= 11 is 0. The molecule has 5 heteroatoms. The molecule has 1 heterocycles. The van der Waals surface area contributed by atoms with Crippen molar-refractivity contribution in [3.8, 4) is 0 Å². The third-order valence-electron chi connectivity index (χ3n) is 4.17. The molecule has 1 aliphatic heterocycles. The smallest absolute Gasteiger partial charge is 0.234 e. The number of rotatable bonds is 5. The van der Waals surface area contributed by atoms with E-state index in [0.717, 1.165) is 25.1 Å². The van der Waals surface area contributed by atoms with E-state index in [1.165, 1.54) is 0 Å². The standard InChI is InChI=1S/C16H25N3O.ClH/c1-13(14-6-4-3-5-7-14)18-15(20)10-19-9-8-16(2,11-17)12-19;/h3-7,13H,8-12,17H2,1-2H3,(H,18,20);1H. The lowest BCUT2D eigenvalue weighted by Gasteiger charge is -2.23. The van der Waals surface area contributed by atoms with Gasteiger partial charge in [-0.25, -0.2) is 0 Å². The van der Waals surface area contributed by atoms with Gasteiger partial charge in [0.2, 0.25) is 5.91 Å². The zero-order valence-electron chi connectivity index (χ0n) is 12.8. The lowest BCUT2D eigenvalue weighted by atomic mass is 9.90. The third kappa shape index (κ3) is 4.99. The first-order valence-corrected chi connectivity index (χ1v) is 7.29. The van der Waals surface area contributed by atoms with E-state index < -0.39 is 0 Å². The number of nitrogens with zero attached hydrogens (tertiary/aromatic N) is 1. The average Bonchev–Trinajstić information content (AvgIpc) is 2.81. The Morgan fingerprint density at radius 1 is 1.43 bits per heavy atom. The van der Waals surface area contributed by atoms with Crippen molar-refractivity contribution in [2.24, 2.45) is 11.1 Å². The van der Waals surface area contributed by atoms with Gasteiger partial charge in [-0.1, -0.05) is 37.3 Å². The molecule has 0 saturated carbocycles. The molecule has 1 aromatic carbocycles. The molecule has 21 heavy (non-hydrogen) atoms. The van der Waals surface area contributed by atoms with Gasteiger partial charge in [0, 0.05) is 6.54 Å². The molecule has 0 aromatic heterocycles. The average molecular weight is 312 g/mol. The lowest BCUT2D eigenvalue weighted by molar-refractivity contribution is -0.122. The molecule has 3 N–H and O–H groups in total. The summed E-state index contributed by atoms with van der Waals surface area (Å²) in [5, 5.41) is 3.06. The van der Waals surface area contributed by atoms with E-state index in [1.807, 2.05) is 37.3 Å². The van der Waals surface area contributed by atoms with Crippen LogP contribution in [0.2, 0.25) is 0 Å². The predicted molar refractivity (Wildman–Crippen MR) is 88.5 cm³/mol. The molecule has 2 atom stereocenters. The highest BCUT2D eigenvalue weighted by Crippen LogP contribution is 2.28. The van der Waals surface area contributed by atoms with Crippen LogP contribution in [0, 0.1) is 5.41 Å². The van der Waals surface area contributed by atoms with Gasteiger partial charge in [-0.15, -0.1) is 12.4 Å². The topological polar surface area (TPSA) is 58.4 Å².